The number of nitrogens with zero attached hydrogens (tertiary/aromatic N) is 3. The molecule has 0 atom stereocenters. The minimum absolute atomic E-state index is 0.0339. The van der Waals surface area contributed by atoms with Gasteiger partial charge in [0.2, 0.25) is 5.91 Å². The summed E-state index contributed by atoms with van der Waals surface area (Å²) >= 11 is 0. The van der Waals surface area contributed by atoms with Crippen molar-refractivity contribution in [1.82, 2.24) is 25.4 Å². The van der Waals surface area contributed by atoms with Crippen LogP contribution in [0.3, 0.4) is 0 Å². The second-order valence-corrected chi connectivity index (χ2v) is 3.41. The Morgan fingerprint density at radius 1 is 1.50 bits per heavy atom. The molecule has 0 unspecified atom stereocenters. The SMILES string of the molecule is CCNCCC(=O)NCc1nncn1CC. The monoisotopic (exact) mass is 225 g/mol. The van der Waals surface area contributed by atoms with Crippen LogP contribution in [-0.4, -0.2) is 33.8 Å². The number of aromatic nitrogens is 3. The topological polar surface area (TPSA) is 71.8 Å². The standard InChI is InChI=1S/C10H19N5O/c1-3-11-6-5-10(16)12-7-9-14-13-8-15(9)4-2/h8,11H,3-7H2,1-2H3,(H,12,16). The first-order valence-electron chi connectivity index (χ1n) is 5.62. The average molecular weight is 225 g/mol. The van der Waals surface area contributed by atoms with E-state index in [0.717, 1.165) is 18.9 Å². The lowest BCUT2D eigenvalue weighted by Gasteiger charge is -2.06. The van der Waals surface area contributed by atoms with Gasteiger partial charge in [-0.2, -0.15) is 0 Å². The normalized spacial score (nSPS) is 10.4. The van der Waals surface area contributed by atoms with Gasteiger partial charge >= 0.3 is 0 Å². The summed E-state index contributed by atoms with van der Waals surface area (Å²) < 4.78 is 1.91. The van der Waals surface area contributed by atoms with Crippen LogP contribution in [0.1, 0.15) is 26.1 Å². The second-order valence-electron chi connectivity index (χ2n) is 3.41. The van der Waals surface area contributed by atoms with Crippen LogP contribution in [0, 0.1) is 0 Å². The fourth-order valence-electron chi connectivity index (χ4n) is 1.32. The smallest absolute Gasteiger partial charge is 0.221 e. The van der Waals surface area contributed by atoms with E-state index in [-0.39, 0.29) is 5.91 Å². The van der Waals surface area contributed by atoms with Gasteiger partial charge in [0.15, 0.2) is 5.82 Å². The zero-order chi connectivity index (χ0) is 11.8. The van der Waals surface area contributed by atoms with Crippen LogP contribution in [0.4, 0.5) is 0 Å². The van der Waals surface area contributed by atoms with Gasteiger partial charge in [-0.05, 0) is 13.5 Å². The molecule has 1 heterocycles. The number of aryl methyl sites for hydroxylation is 1. The number of hydrogen-bond acceptors (Lipinski definition) is 4. The zero-order valence-electron chi connectivity index (χ0n) is 9.86. The Bertz CT molecular complexity index is 323. The van der Waals surface area contributed by atoms with Crippen molar-refractivity contribution in [1.29, 1.82) is 0 Å². The minimum atomic E-state index is 0.0339. The predicted molar refractivity (Wildman–Crippen MR) is 60.7 cm³/mol. The van der Waals surface area contributed by atoms with Crippen LogP contribution in [0.25, 0.3) is 0 Å². The number of carbonyl (C=O) groups is 1. The summed E-state index contributed by atoms with van der Waals surface area (Å²) in [4.78, 5) is 11.4. The molecular formula is C10H19N5O. The summed E-state index contributed by atoms with van der Waals surface area (Å²) in [5.41, 5.74) is 0. The number of rotatable bonds is 7. The van der Waals surface area contributed by atoms with Gasteiger partial charge < -0.3 is 15.2 Å². The fourth-order valence-corrected chi connectivity index (χ4v) is 1.32. The van der Waals surface area contributed by atoms with Gasteiger partial charge in [-0.25, -0.2) is 0 Å². The maximum Gasteiger partial charge on any atom is 0.221 e. The van der Waals surface area contributed by atoms with Crippen LogP contribution in [0.2, 0.25) is 0 Å². The number of nitrogens with one attached hydrogen (secondary N) is 2. The number of amides is 1. The molecule has 0 radical (unpaired) electrons. The third-order valence-corrected chi connectivity index (χ3v) is 2.26. The van der Waals surface area contributed by atoms with Crippen molar-refractivity contribution in [2.24, 2.45) is 0 Å². The molecule has 0 saturated carbocycles. The first-order chi connectivity index (χ1) is 7.77. The molecule has 90 valence electrons. The molecule has 2 N–H and O–H groups in total. The Balaban J connectivity index is 2.26. The Kier molecular flexibility index (Phi) is 5.49. The first kappa shape index (κ1) is 12.6. The molecule has 0 aliphatic rings. The van der Waals surface area contributed by atoms with E-state index in [4.69, 9.17) is 0 Å². The average Bonchev–Trinajstić information content (AvgIpc) is 2.74. The fraction of sp³-hybridized carbons (Fsp3) is 0.700. The van der Waals surface area contributed by atoms with Gasteiger partial charge in [-0.1, -0.05) is 6.92 Å². The number of carbonyl (C=O) groups excluding carboxylic acids is 1. The summed E-state index contributed by atoms with van der Waals surface area (Å²) in [5, 5.41) is 13.7. The third-order valence-electron chi connectivity index (χ3n) is 2.26. The van der Waals surface area contributed by atoms with E-state index in [2.05, 4.69) is 20.8 Å². The molecule has 1 aromatic rings. The molecule has 0 aliphatic heterocycles. The molecule has 0 bridgehead atoms. The largest absolute Gasteiger partial charge is 0.349 e. The molecule has 6 heteroatoms. The molecule has 0 aromatic carbocycles. The Morgan fingerprint density at radius 2 is 2.31 bits per heavy atom. The van der Waals surface area contributed by atoms with E-state index in [9.17, 15) is 4.79 Å². The highest BCUT2D eigenvalue weighted by Crippen LogP contribution is 1.94. The molecule has 6 nitrogen and oxygen atoms in total. The number of hydrogen-bond donors (Lipinski definition) is 2. The molecule has 0 spiro atoms. The minimum Gasteiger partial charge on any atom is -0.349 e. The van der Waals surface area contributed by atoms with Crippen LogP contribution < -0.4 is 10.6 Å². The van der Waals surface area contributed by atoms with Crippen molar-refractivity contribution >= 4 is 5.91 Å². The quantitative estimate of drug-likeness (QED) is 0.636. The summed E-state index contributed by atoms with van der Waals surface area (Å²) in [5.74, 6) is 0.825. The van der Waals surface area contributed by atoms with Crippen LogP contribution in [0.5, 0.6) is 0 Å². The van der Waals surface area contributed by atoms with E-state index >= 15 is 0 Å². The lowest BCUT2D eigenvalue weighted by Crippen LogP contribution is -2.28. The lowest BCUT2D eigenvalue weighted by molar-refractivity contribution is -0.121. The molecule has 1 amide bonds. The van der Waals surface area contributed by atoms with Gasteiger partial charge in [0.25, 0.3) is 0 Å². The van der Waals surface area contributed by atoms with E-state index in [0.29, 0.717) is 19.5 Å². The molecule has 1 rings (SSSR count). The maximum absolute atomic E-state index is 11.4. The summed E-state index contributed by atoms with van der Waals surface area (Å²) in [6.07, 6.45) is 2.16. The van der Waals surface area contributed by atoms with E-state index < -0.39 is 0 Å². The Labute approximate surface area is 95.4 Å². The zero-order valence-corrected chi connectivity index (χ0v) is 9.86. The molecule has 0 aliphatic carbocycles. The summed E-state index contributed by atoms with van der Waals surface area (Å²) in [6.45, 7) is 6.89. The van der Waals surface area contributed by atoms with Gasteiger partial charge in [-0.3, -0.25) is 4.79 Å². The molecule has 16 heavy (non-hydrogen) atoms. The van der Waals surface area contributed by atoms with Crippen LogP contribution in [0.15, 0.2) is 6.33 Å². The highest BCUT2D eigenvalue weighted by molar-refractivity contribution is 5.75. The van der Waals surface area contributed by atoms with Crippen molar-refractivity contribution in [2.75, 3.05) is 13.1 Å². The third kappa shape index (κ3) is 3.98. The van der Waals surface area contributed by atoms with Crippen molar-refractivity contribution in [2.45, 2.75) is 33.4 Å². The van der Waals surface area contributed by atoms with Crippen molar-refractivity contribution < 1.29 is 4.79 Å². The van der Waals surface area contributed by atoms with Crippen LogP contribution >= 0.6 is 0 Å². The van der Waals surface area contributed by atoms with Crippen molar-refractivity contribution in [3.63, 3.8) is 0 Å². The molecular weight excluding hydrogens is 206 g/mol. The lowest BCUT2D eigenvalue weighted by atomic mass is 10.4. The Morgan fingerprint density at radius 3 is 3.00 bits per heavy atom. The predicted octanol–water partition coefficient (Wildman–Crippen LogP) is -0.0862. The van der Waals surface area contributed by atoms with Gasteiger partial charge in [0.1, 0.15) is 6.33 Å². The van der Waals surface area contributed by atoms with E-state index in [1.807, 2.05) is 18.4 Å². The molecule has 0 saturated heterocycles. The van der Waals surface area contributed by atoms with E-state index in [1.54, 1.807) is 6.33 Å². The van der Waals surface area contributed by atoms with Crippen molar-refractivity contribution in [3.8, 4) is 0 Å². The summed E-state index contributed by atoms with van der Waals surface area (Å²) in [7, 11) is 0. The Hall–Kier alpha value is -1.43. The highest BCUT2D eigenvalue weighted by Gasteiger charge is 2.05. The second kappa shape index (κ2) is 6.95. The van der Waals surface area contributed by atoms with E-state index in [1.165, 1.54) is 0 Å². The maximum atomic E-state index is 11.4. The van der Waals surface area contributed by atoms with Gasteiger partial charge in [-0.15, -0.1) is 10.2 Å². The van der Waals surface area contributed by atoms with Gasteiger partial charge in [0.05, 0.1) is 6.54 Å². The van der Waals surface area contributed by atoms with Crippen LogP contribution in [-0.2, 0) is 17.9 Å². The highest BCUT2D eigenvalue weighted by atomic mass is 16.1. The van der Waals surface area contributed by atoms with Crippen molar-refractivity contribution in [3.05, 3.63) is 12.2 Å². The summed E-state index contributed by atoms with van der Waals surface area (Å²) in [6, 6.07) is 0. The molecule has 1 aromatic heterocycles. The first-order valence-corrected chi connectivity index (χ1v) is 5.62. The molecule has 0 fully saturated rings. The van der Waals surface area contributed by atoms with Gasteiger partial charge in [0, 0.05) is 19.5 Å².